The molecule has 6 rings (SSSR count). The Morgan fingerprint density at radius 2 is 1.86 bits per heavy atom. The molecule has 0 radical (unpaired) electrons. The molecule has 0 spiro atoms. The molecule has 0 saturated heterocycles. The topological polar surface area (TPSA) is 116 Å². The van der Waals surface area contributed by atoms with Gasteiger partial charge in [-0.2, -0.15) is 5.10 Å². The number of nitrogens with zero attached hydrogens (tertiary/aromatic N) is 6. The first-order valence-electron chi connectivity index (χ1n) is 10.9. The van der Waals surface area contributed by atoms with Crippen molar-refractivity contribution in [3.63, 3.8) is 0 Å². The van der Waals surface area contributed by atoms with Crippen LogP contribution in [-0.2, 0) is 0 Å². The lowest BCUT2D eigenvalue weighted by Gasteiger charge is -2.12. The number of ketones is 1. The van der Waals surface area contributed by atoms with E-state index >= 15 is 0 Å². The summed E-state index contributed by atoms with van der Waals surface area (Å²) in [5.74, 6) is 0.650. The molecule has 9 nitrogen and oxygen atoms in total. The van der Waals surface area contributed by atoms with E-state index in [0.29, 0.717) is 22.0 Å². The van der Waals surface area contributed by atoms with Gasteiger partial charge in [-0.15, -0.1) is 11.3 Å². The molecule has 0 aliphatic heterocycles. The highest BCUT2D eigenvalue weighted by Gasteiger charge is 2.18. The quantitative estimate of drug-likeness (QED) is 0.335. The largest absolute Gasteiger partial charge is 0.376 e. The highest BCUT2D eigenvalue weighted by atomic mass is 32.1. The zero-order valence-electron chi connectivity index (χ0n) is 19.2. The molecule has 35 heavy (non-hydrogen) atoms. The number of hydrogen-bond donors (Lipinski definition) is 2. The number of pyridine rings is 3. The second kappa shape index (κ2) is 8.10. The summed E-state index contributed by atoms with van der Waals surface area (Å²) in [5.41, 5.74) is 6.54. The molecule has 0 saturated carbocycles. The standard InChI is InChI=1S/C25H20N8OS/c1-13(34)19-4-5-20(35-19)23-22-18(6-7-27-23)29-25(30-22)21-17-9-15(11-28-24(17)32-31-21)14-8-16(33(2)3)12-26-10-14/h4-12H,1-3H3,(H,29,30)(H,28,31,32). The lowest BCUT2D eigenvalue weighted by molar-refractivity contribution is 0.102. The minimum absolute atomic E-state index is 0.0359. The van der Waals surface area contributed by atoms with Crippen molar-refractivity contribution < 1.29 is 4.79 Å². The monoisotopic (exact) mass is 480 g/mol. The van der Waals surface area contributed by atoms with Crippen molar-refractivity contribution >= 4 is 44.9 Å². The highest BCUT2D eigenvalue weighted by molar-refractivity contribution is 7.17. The van der Waals surface area contributed by atoms with Gasteiger partial charge in [-0.25, -0.2) is 9.97 Å². The molecule has 172 valence electrons. The van der Waals surface area contributed by atoms with Crippen LogP contribution >= 0.6 is 11.3 Å². The fourth-order valence-corrected chi connectivity index (χ4v) is 4.85. The van der Waals surface area contributed by atoms with Crippen LogP contribution in [0.1, 0.15) is 16.6 Å². The lowest BCUT2D eigenvalue weighted by atomic mass is 10.1. The van der Waals surface area contributed by atoms with Gasteiger partial charge in [0.2, 0.25) is 0 Å². The predicted octanol–water partition coefficient (Wildman–Crippen LogP) is 4.96. The number of anilines is 1. The Bertz CT molecular complexity index is 1730. The van der Waals surface area contributed by atoms with Gasteiger partial charge in [-0.3, -0.25) is 19.9 Å². The number of nitrogens with one attached hydrogen (secondary N) is 2. The van der Waals surface area contributed by atoms with E-state index < -0.39 is 0 Å². The van der Waals surface area contributed by atoms with Gasteiger partial charge < -0.3 is 9.88 Å². The predicted molar refractivity (Wildman–Crippen MR) is 138 cm³/mol. The number of carbonyl (C=O) groups is 1. The minimum atomic E-state index is 0.0359. The zero-order valence-corrected chi connectivity index (χ0v) is 20.0. The molecule has 0 amide bonds. The van der Waals surface area contributed by atoms with Crippen molar-refractivity contribution in [1.29, 1.82) is 0 Å². The number of imidazole rings is 1. The maximum atomic E-state index is 11.8. The average molecular weight is 481 g/mol. The summed E-state index contributed by atoms with van der Waals surface area (Å²) < 4.78 is 0. The number of fused-ring (bicyclic) bond motifs is 2. The van der Waals surface area contributed by atoms with Crippen LogP contribution < -0.4 is 4.90 Å². The summed E-state index contributed by atoms with van der Waals surface area (Å²) in [6.07, 6.45) is 7.20. The van der Waals surface area contributed by atoms with E-state index in [1.165, 1.54) is 11.3 Å². The van der Waals surface area contributed by atoms with E-state index in [2.05, 4.69) is 36.2 Å². The Morgan fingerprint density at radius 1 is 1.00 bits per heavy atom. The highest BCUT2D eigenvalue weighted by Crippen LogP contribution is 2.34. The average Bonchev–Trinajstić information content (AvgIpc) is 3.61. The van der Waals surface area contributed by atoms with Crippen LogP contribution in [0.5, 0.6) is 0 Å². The first kappa shape index (κ1) is 21.1. The van der Waals surface area contributed by atoms with Crippen LogP contribution in [0.3, 0.4) is 0 Å². The molecule has 2 N–H and O–H groups in total. The zero-order chi connectivity index (χ0) is 24.1. The smallest absolute Gasteiger partial charge is 0.169 e. The van der Waals surface area contributed by atoms with Crippen LogP contribution in [0.25, 0.3) is 55.3 Å². The third-order valence-corrected chi connectivity index (χ3v) is 6.99. The van der Waals surface area contributed by atoms with Gasteiger partial charge in [0.1, 0.15) is 16.9 Å². The normalized spacial score (nSPS) is 11.4. The number of carbonyl (C=O) groups excluding carboxylic acids is 1. The molecule has 10 heteroatoms. The molecule has 0 aliphatic rings. The molecule has 0 unspecified atom stereocenters. The molecule has 0 atom stereocenters. The van der Waals surface area contributed by atoms with E-state index in [9.17, 15) is 4.79 Å². The summed E-state index contributed by atoms with van der Waals surface area (Å²) in [7, 11) is 3.97. The third-order valence-electron chi connectivity index (χ3n) is 5.80. The summed E-state index contributed by atoms with van der Waals surface area (Å²) in [6, 6.07) is 9.73. The molecular weight excluding hydrogens is 460 g/mol. The second-order valence-corrected chi connectivity index (χ2v) is 9.46. The van der Waals surface area contributed by atoms with Crippen molar-refractivity contribution in [3.05, 3.63) is 60.0 Å². The summed E-state index contributed by atoms with van der Waals surface area (Å²) in [6.45, 7) is 1.56. The number of aromatic amines is 2. The molecule has 0 bridgehead atoms. The maximum Gasteiger partial charge on any atom is 0.169 e. The van der Waals surface area contributed by atoms with Gasteiger partial charge in [-0.05, 0) is 37.3 Å². The van der Waals surface area contributed by atoms with Crippen molar-refractivity contribution in [2.45, 2.75) is 6.92 Å². The van der Waals surface area contributed by atoms with Gasteiger partial charge in [0.15, 0.2) is 17.3 Å². The van der Waals surface area contributed by atoms with Gasteiger partial charge in [0, 0.05) is 43.8 Å². The first-order valence-corrected chi connectivity index (χ1v) is 11.7. The van der Waals surface area contributed by atoms with Crippen LogP contribution in [0.15, 0.2) is 55.1 Å². The summed E-state index contributed by atoms with van der Waals surface area (Å²) in [4.78, 5) is 37.1. The molecule has 0 fully saturated rings. The van der Waals surface area contributed by atoms with Crippen molar-refractivity contribution in [3.8, 4) is 33.2 Å². The first-order chi connectivity index (χ1) is 17.0. The SMILES string of the molecule is CC(=O)c1ccc(-c2nccc3[nH]c(-c4n[nH]c5ncc(-c6cncc(N(C)C)c6)cc45)nc23)s1. The van der Waals surface area contributed by atoms with Gasteiger partial charge in [0.25, 0.3) is 0 Å². The molecule has 6 aromatic rings. The number of hydrogen-bond acceptors (Lipinski definition) is 8. The van der Waals surface area contributed by atoms with Crippen molar-refractivity contribution in [2.75, 3.05) is 19.0 Å². The molecule has 0 aliphatic carbocycles. The van der Waals surface area contributed by atoms with E-state index in [-0.39, 0.29) is 5.78 Å². The Kier molecular flexibility index (Phi) is 4.89. The number of thiophene rings is 1. The van der Waals surface area contributed by atoms with E-state index in [4.69, 9.17) is 4.98 Å². The lowest BCUT2D eigenvalue weighted by Crippen LogP contribution is -2.08. The Labute approximate surface area is 203 Å². The molecule has 6 heterocycles. The number of Topliss-reactive ketones (excluding diaryl/α,β-unsaturated/α-hetero) is 1. The molecule has 0 aromatic carbocycles. The van der Waals surface area contributed by atoms with Gasteiger partial charge in [0.05, 0.1) is 32.5 Å². The summed E-state index contributed by atoms with van der Waals surface area (Å²) >= 11 is 1.41. The van der Waals surface area contributed by atoms with Crippen molar-refractivity contribution in [1.82, 2.24) is 35.1 Å². The Hall–Kier alpha value is -4.44. The van der Waals surface area contributed by atoms with E-state index in [0.717, 1.165) is 43.8 Å². The fourth-order valence-electron chi connectivity index (χ4n) is 3.95. The van der Waals surface area contributed by atoms with Crippen molar-refractivity contribution in [2.24, 2.45) is 0 Å². The maximum absolute atomic E-state index is 11.8. The number of rotatable bonds is 5. The van der Waals surface area contributed by atoms with E-state index in [1.54, 1.807) is 13.1 Å². The third kappa shape index (κ3) is 3.64. The Balaban J connectivity index is 1.46. The van der Waals surface area contributed by atoms with Crippen LogP contribution in [0, 0.1) is 0 Å². The molecule has 6 aromatic heterocycles. The number of H-pyrrole nitrogens is 2. The second-order valence-electron chi connectivity index (χ2n) is 8.38. The van der Waals surface area contributed by atoms with Crippen LogP contribution in [-0.4, -0.2) is 55.0 Å². The Morgan fingerprint density at radius 3 is 2.66 bits per heavy atom. The van der Waals surface area contributed by atoms with Crippen LogP contribution in [0.4, 0.5) is 5.69 Å². The van der Waals surface area contributed by atoms with E-state index in [1.807, 2.05) is 61.9 Å². The number of aromatic nitrogens is 7. The van der Waals surface area contributed by atoms with Gasteiger partial charge in [-0.1, -0.05) is 0 Å². The van der Waals surface area contributed by atoms with Gasteiger partial charge >= 0.3 is 0 Å². The van der Waals surface area contributed by atoms with Crippen LogP contribution in [0.2, 0.25) is 0 Å². The minimum Gasteiger partial charge on any atom is -0.376 e. The summed E-state index contributed by atoms with van der Waals surface area (Å²) in [5, 5.41) is 8.36. The molecular formula is C25H20N8OS. The fraction of sp³-hybridized carbons (Fsp3) is 0.120.